The molecule has 0 bridgehead atoms. The average Bonchev–Trinajstić information content (AvgIpc) is 2.50. The van der Waals surface area contributed by atoms with Gasteiger partial charge in [-0.05, 0) is 30.4 Å². The van der Waals surface area contributed by atoms with Crippen LogP contribution in [0, 0.1) is 5.92 Å². The number of alkyl halides is 1. The van der Waals surface area contributed by atoms with Gasteiger partial charge < -0.3 is 4.74 Å². The fraction of sp³-hybridized carbons (Fsp3) is 0.474. The summed E-state index contributed by atoms with van der Waals surface area (Å²) in [6.45, 7) is 10.2. The Morgan fingerprint density at radius 1 is 1.14 bits per heavy atom. The van der Waals surface area contributed by atoms with E-state index in [2.05, 4.69) is 52.0 Å². The van der Waals surface area contributed by atoms with Crippen LogP contribution < -0.4 is 0 Å². The van der Waals surface area contributed by atoms with Crippen LogP contribution in [0.3, 0.4) is 0 Å². The lowest BCUT2D eigenvalue weighted by molar-refractivity contribution is 0.142. The Kier molecular flexibility index (Phi) is 11.5. The van der Waals surface area contributed by atoms with Gasteiger partial charge in [-0.3, -0.25) is 4.39 Å². The van der Waals surface area contributed by atoms with E-state index in [-0.39, 0.29) is 0 Å². The van der Waals surface area contributed by atoms with Crippen LogP contribution >= 0.6 is 0 Å². The minimum absolute atomic E-state index is 0.500. The minimum Gasteiger partial charge on any atom is -0.372 e. The second-order valence-corrected chi connectivity index (χ2v) is 5.24. The summed E-state index contributed by atoms with van der Waals surface area (Å²) in [4.78, 5) is 0. The number of ether oxygens (including phenoxy) is 1. The third-order valence-electron chi connectivity index (χ3n) is 3.17. The Labute approximate surface area is 129 Å². The van der Waals surface area contributed by atoms with E-state index in [4.69, 9.17) is 4.74 Å². The maximum Gasteiger partial charge on any atom is 0.0785 e. The maximum absolute atomic E-state index is 9.50. The fourth-order valence-corrected chi connectivity index (χ4v) is 1.92. The highest BCUT2D eigenvalue weighted by Crippen LogP contribution is 2.13. The van der Waals surface area contributed by atoms with Crippen LogP contribution in [0.15, 0.2) is 53.6 Å². The predicted molar refractivity (Wildman–Crippen MR) is 90.1 cm³/mol. The summed E-state index contributed by atoms with van der Waals surface area (Å²) < 4.78 is 15.2. The molecule has 0 fully saturated rings. The van der Waals surface area contributed by atoms with Gasteiger partial charge in [-0.25, -0.2) is 0 Å². The molecule has 0 atom stereocenters. The first-order chi connectivity index (χ1) is 10.1. The highest BCUT2D eigenvalue weighted by Gasteiger charge is 1.98. The molecule has 0 aromatic heterocycles. The normalized spacial score (nSPS) is 12.1. The molecular weight excluding hydrogens is 263 g/mol. The monoisotopic (exact) mass is 292 g/mol. The first-order valence-electron chi connectivity index (χ1n) is 7.49. The van der Waals surface area contributed by atoms with Crippen molar-refractivity contribution in [3.05, 3.63) is 59.2 Å². The van der Waals surface area contributed by atoms with E-state index in [1.165, 1.54) is 16.7 Å². The summed E-state index contributed by atoms with van der Waals surface area (Å²) in [6.07, 6.45) is 5.54. The van der Waals surface area contributed by atoms with Gasteiger partial charge in [0.2, 0.25) is 0 Å². The Hall–Kier alpha value is -1.41. The maximum atomic E-state index is 9.50. The Bertz CT molecular complexity index is 418. The highest BCUT2D eigenvalue weighted by molar-refractivity contribution is 5.18. The molecule has 0 N–H and O–H groups in total. The first-order valence-corrected chi connectivity index (χ1v) is 7.49. The quantitative estimate of drug-likeness (QED) is 0.583. The summed E-state index contributed by atoms with van der Waals surface area (Å²) in [5.74, 6) is 0.624. The van der Waals surface area contributed by atoms with E-state index >= 15 is 0 Å². The Morgan fingerprint density at radius 2 is 1.76 bits per heavy atom. The molecule has 1 aromatic rings. The minimum atomic E-state index is 0.500. The lowest BCUT2D eigenvalue weighted by Crippen LogP contribution is -1.97. The van der Waals surface area contributed by atoms with Gasteiger partial charge in [-0.2, -0.15) is 0 Å². The first kappa shape index (κ1) is 19.6. The number of allylic oxidation sites excluding steroid dienone is 3. The third-order valence-corrected chi connectivity index (χ3v) is 3.17. The zero-order chi connectivity index (χ0) is 16.1. The van der Waals surface area contributed by atoms with Crippen LogP contribution in [0.1, 0.15) is 39.7 Å². The van der Waals surface area contributed by atoms with Crippen molar-refractivity contribution in [3.8, 4) is 0 Å². The molecule has 0 saturated heterocycles. The summed E-state index contributed by atoms with van der Waals surface area (Å²) >= 11 is 0. The molecule has 0 unspecified atom stereocenters. The average molecular weight is 292 g/mol. The third kappa shape index (κ3) is 9.19. The molecule has 1 nitrogen and oxygen atoms in total. The molecule has 0 aliphatic rings. The number of hydrogen-bond acceptors (Lipinski definition) is 1. The number of hydrogen-bond donors (Lipinski definition) is 0. The zero-order valence-corrected chi connectivity index (χ0v) is 14.0. The van der Waals surface area contributed by atoms with Gasteiger partial charge in [0.05, 0.1) is 20.4 Å². The number of rotatable bonds is 7. The number of halogens is 1. The summed E-state index contributed by atoms with van der Waals surface area (Å²) in [7, 11) is 0.500. The number of benzene rings is 1. The second kappa shape index (κ2) is 12.3. The van der Waals surface area contributed by atoms with Gasteiger partial charge in [0.15, 0.2) is 0 Å². The standard InChI is InChI=1S/C18H26O.CH3F/c1-5-18(15(2)3)12-11-16(4)13-19-14-17-9-7-6-8-10-17;1-2/h6-12,15H,5,13-14H2,1-4H3;1H3/b16-11+,18-12+;. The van der Waals surface area contributed by atoms with Gasteiger partial charge in [0, 0.05) is 0 Å². The lowest BCUT2D eigenvalue weighted by Gasteiger charge is -2.08. The van der Waals surface area contributed by atoms with Crippen molar-refractivity contribution in [3.63, 3.8) is 0 Å². The SMILES string of the molecule is CC/C(=C\C=C(/C)COCc1ccccc1)C(C)C.CF. The smallest absolute Gasteiger partial charge is 0.0785 e. The topological polar surface area (TPSA) is 9.23 Å². The molecule has 2 heteroatoms. The van der Waals surface area contributed by atoms with E-state index in [1.807, 2.05) is 18.2 Å². The van der Waals surface area contributed by atoms with Crippen molar-refractivity contribution in [2.24, 2.45) is 5.92 Å². The summed E-state index contributed by atoms with van der Waals surface area (Å²) in [5, 5.41) is 0. The molecule has 0 aliphatic carbocycles. The fourth-order valence-electron chi connectivity index (χ4n) is 1.92. The van der Waals surface area contributed by atoms with Crippen LogP contribution in [-0.2, 0) is 11.3 Å². The molecule has 0 heterocycles. The van der Waals surface area contributed by atoms with Crippen molar-refractivity contribution in [2.45, 2.75) is 40.7 Å². The molecule has 21 heavy (non-hydrogen) atoms. The van der Waals surface area contributed by atoms with Crippen molar-refractivity contribution in [2.75, 3.05) is 13.8 Å². The molecular formula is C19H29FO. The van der Waals surface area contributed by atoms with Crippen molar-refractivity contribution in [1.82, 2.24) is 0 Å². The molecule has 0 radical (unpaired) electrons. The lowest BCUT2D eigenvalue weighted by atomic mass is 10.00. The summed E-state index contributed by atoms with van der Waals surface area (Å²) in [5.41, 5.74) is 3.98. The molecule has 1 aromatic carbocycles. The van der Waals surface area contributed by atoms with Crippen LogP contribution in [0.2, 0.25) is 0 Å². The Morgan fingerprint density at radius 3 is 2.29 bits per heavy atom. The molecule has 118 valence electrons. The zero-order valence-electron chi connectivity index (χ0n) is 14.0. The predicted octanol–water partition coefficient (Wildman–Crippen LogP) is 5.73. The van der Waals surface area contributed by atoms with E-state index in [0.29, 0.717) is 26.3 Å². The Balaban J connectivity index is 0.00000191. The van der Waals surface area contributed by atoms with Gasteiger partial charge in [0.25, 0.3) is 0 Å². The largest absolute Gasteiger partial charge is 0.372 e. The van der Waals surface area contributed by atoms with Crippen LogP contribution in [-0.4, -0.2) is 13.8 Å². The summed E-state index contributed by atoms with van der Waals surface area (Å²) in [6, 6.07) is 10.3. The van der Waals surface area contributed by atoms with E-state index in [0.717, 1.165) is 6.42 Å². The van der Waals surface area contributed by atoms with Gasteiger partial charge in [-0.1, -0.05) is 68.8 Å². The molecule has 0 saturated carbocycles. The molecule has 0 aliphatic heterocycles. The highest BCUT2D eigenvalue weighted by atomic mass is 19.1. The van der Waals surface area contributed by atoms with Crippen molar-refractivity contribution < 1.29 is 9.13 Å². The molecule has 0 spiro atoms. The van der Waals surface area contributed by atoms with Crippen LogP contribution in [0.5, 0.6) is 0 Å². The van der Waals surface area contributed by atoms with Crippen molar-refractivity contribution >= 4 is 0 Å². The van der Waals surface area contributed by atoms with Gasteiger partial charge in [0.1, 0.15) is 0 Å². The van der Waals surface area contributed by atoms with Crippen LogP contribution in [0.4, 0.5) is 4.39 Å². The van der Waals surface area contributed by atoms with Crippen molar-refractivity contribution in [1.29, 1.82) is 0 Å². The molecule has 0 amide bonds. The molecule has 1 rings (SSSR count). The van der Waals surface area contributed by atoms with Gasteiger partial charge >= 0.3 is 0 Å². The van der Waals surface area contributed by atoms with E-state index in [1.54, 1.807) is 0 Å². The van der Waals surface area contributed by atoms with E-state index in [9.17, 15) is 4.39 Å². The van der Waals surface area contributed by atoms with Crippen LogP contribution in [0.25, 0.3) is 0 Å². The second-order valence-electron chi connectivity index (χ2n) is 5.24. The van der Waals surface area contributed by atoms with Gasteiger partial charge in [-0.15, -0.1) is 0 Å². The van der Waals surface area contributed by atoms with E-state index < -0.39 is 0 Å².